The van der Waals surface area contributed by atoms with Crippen LogP contribution in [0.2, 0.25) is 0 Å². The molecule has 24 heavy (non-hydrogen) atoms. The third kappa shape index (κ3) is 4.89. The molecule has 0 aliphatic rings. The summed E-state index contributed by atoms with van der Waals surface area (Å²) >= 11 is 0. The number of aryl methyl sites for hydroxylation is 2. The zero-order valence-electron chi connectivity index (χ0n) is 14.6. The summed E-state index contributed by atoms with van der Waals surface area (Å²) in [4.78, 5) is 4.19. The van der Waals surface area contributed by atoms with Crippen LogP contribution in [0.25, 0.3) is 0 Å². The zero-order valence-corrected chi connectivity index (χ0v) is 16.9. The van der Waals surface area contributed by atoms with Gasteiger partial charge in [0.2, 0.25) is 0 Å². The molecule has 0 fully saturated rings. The van der Waals surface area contributed by atoms with Crippen LogP contribution in [0.15, 0.2) is 23.2 Å². The van der Waals surface area contributed by atoms with E-state index < -0.39 is 0 Å². The third-order valence-corrected chi connectivity index (χ3v) is 3.87. The summed E-state index contributed by atoms with van der Waals surface area (Å²) in [6.45, 7) is 6.12. The van der Waals surface area contributed by atoms with Crippen LogP contribution in [-0.4, -0.2) is 27.8 Å². The lowest BCUT2D eigenvalue weighted by Crippen LogP contribution is -2.38. The maximum Gasteiger partial charge on any atom is 0.191 e. The molecule has 0 saturated heterocycles. The van der Waals surface area contributed by atoms with Gasteiger partial charge in [-0.05, 0) is 38.0 Å². The van der Waals surface area contributed by atoms with Crippen LogP contribution in [0.5, 0.6) is 0 Å². The molecule has 2 aromatic rings. The summed E-state index contributed by atoms with van der Waals surface area (Å²) in [6.07, 6.45) is 0. The van der Waals surface area contributed by atoms with E-state index in [0.717, 1.165) is 17.2 Å². The number of rotatable bonds is 4. The molecule has 0 saturated carbocycles. The molecule has 0 bridgehead atoms. The van der Waals surface area contributed by atoms with Gasteiger partial charge in [0.15, 0.2) is 11.8 Å². The predicted molar refractivity (Wildman–Crippen MR) is 104 cm³/mol. The number of halogens is 2. The number of guanidine groups is 1. The Morgan fingerprint density at radius 3 is 2.58 bits per heavy atom. The highest BCUT2D eigenvalue weighted by atomic mass is 127. The van der Waals surface area contributed by atoms with E-state index in [1.165, 1.54) is 0 Å². The fourth-order valence-corrected chi connectivity index (χ4v) is 2.13. The summed E-state index contributed by atoms with van der Waals surface area (Å²) in [5.74, 6) is 2.10. The Morgan fingerprint density at radius 2 is 2.04 bits per heavy atom. The number of hydrogen-bond donors (Lipinski definition) is 2. The molecule has 2 rings (SSSR count). The van der Waals surface area contributed by atoms with Crippen molar-refractivity contribution in [3.8, 4) is 0 Å². The highest BCUT2D eigenvalue weighted by molar-refractivity contribution is 14.0. The lowest BCUT2D eigenvalue weighted by atomic mass is 10.1. The molecule has 2 N–H and O–H groups in total. The van der Waals surface area contributed by atoms with E-state index in [4.69, 9.17) is 0 Å². The molecular formula is C16H24FIN6. The Balaban J connectivity index is 0.00000288. The number of aliphatic imine (C=N–C) groups is 1. The van der Waals surface area contributed by atoms with Gasteiger partial charge in [-0.2, -0.15) is 0 Å². The van der Waals surface area contributed by atoms with Crippen LogP contribution in [-0.2, 0) is 13.6 Å². The van der Waals surface area contributed by atoms with E-state index in [1.807, 2.05) is 31.5 Å². The highest BCUT2D eigenvalue weighted by Gasteiger charge is 2.11. The van der Waals surface area contributed by atoms with Gasteiger partial charge in [0, 0.05) is 14.1 Å². The van der Waals surface area contributed by atoms with Crippen LogP contribution >= 0.6 is 24.0 Å². The smallest absolute Gasteiger partial charge is 0.191 e. The minimum Gasteiger partial charge on any atom is -0.350 e. The summed E-state index contributed by atoms with van der Waals surface area (Å²) in [5, 5.41) is 14.5. The van der Waals surface area contributed by atoms with E-state index in [9.17, 15) is 4.39 Å². The van der Waals surface area contributed by atoms with Gasteiger partial charge in [-0.25, -0.2) is 4.39 Å². The van der Waals surface area contributed by atoms with Crippen molar-refractivity contribution in [3.63, 3.8) is 0 Å². The second kappa shape index (κ2) is 8.95. The normalized spacial score (nSPS) is 12.5. The van der Waals surface area contributed by atoms with Crippen molar-refractivity contribution in [2.75, 3.05) is 7.05 Å². The number of aromatic nitrogens is 3. The van der Waals surface area contributed by atoms with Crippen molar-refractivity contribution in [3.05, 3.63) is 46.8 Å². The maximum atomic E-state index is 13.7. The Bertz CT molecular complexity index is 713. The van der Waals surface area contributed by atoms with Crippen molar-refractivity contribution in [2.24, 2.45) is 12.0 Å². The molecule has 0 radical (unpaired) electrons. The first-order valence-electron chi connectivity index (χ1n) is 7.50. The van der Waals surface area contributed by atoms with E-state index in [0.29, 0.717) is 18.1 Å². The van der Waals surface area contributed by atoms with E-state index in [2.05, 4.69) is 25.8 Å². The molecule has 0 aliphatic heterocycles. The van der Waals surface area contributed by atoms with Crippen LogP contribution in [0.1, 0.15) is 35.7 Å². The Hall–Kier alpha value is -1.71. The first-order valence-corrected chi connectivity index (χ1v) is 7.50. The summed E-state index contributed by atoms with van der Waals surface area (Å²) < 4.78 is 15.6. The molecule has 1 atom stereocenters. The second-order valence-corrected chi connectivity index (χ2v) is 5.52. The van der Waals surface area contributed by atoms with Crippen molar-refractivity contribution in [2.45, 2.75) is 33.4 Å². The van der Waals surface area contributed by atoms with Gasteiger partial charge in [-0.15, -0.1) is 34.2 Å². The SMILES string of the molecule is CN=C(NCc1nnc(C)n1C)NC(C)c1ccc(C)c(F)c1.I. The molecule has 0 aliphatic carbocycles. The summed E-state index contributed by atoms with van der Waals surface area (Å²) in [7, 11) is 3.61. The van der Waals surface area contributed by atoms with Gasteiger partial charge in [0.1, 0.15) is 11.6 Å². The van der Waals surface area contributed by atoms with Crippen molar-refractivity contribution < 1.29 is 4.39 Å². The Morgan fingerprint density at radius 1 is 1.33 bits per heavy atom. The van der Waals surface area contributed by atoms with Gasteiger partial charge in [-0.1, -0.05) is 12.1 Å². The molecule has 132 valence electrons. The van der Waals surface area contributed by atoms with Gasteiger partial charge in [-0.3, -0.25) is 4.99 Å². The topological polar surface area (TPSA) is 67.1 Å². The zero-order chi connectivity index (χ0) is 17.0. The molecule has 1 aromatic carbocycles. The fraction of sp³-hybridized carbons (Fsp3) is 0.438. The van der Waals surface area contributed by atoms with Crippen LogP contribution < -0.4 is 10.6 Å². The van der Waals surface area contributed by atoms with E-state index >= 15 is 0 Å². The first-order chi connectivity index (χ1) is 10.9. The number of nitrogens with zero attached hydrogens (tertiary/aromatic N) is 4. The summed E-state index contributed by atoms with van der Waals surface area (Å²) in [6, 6.07) is 5.17. The lowest BCUT2D eigenvalue weighted by molar-refractivity contribution is 0.607. The number of benzene rings is 1. The predicted octanol–water partition coefficient (Wildman–Crippen LogP) is 2.62. The first kappa shape index (κ1) is 20.3. The molecule has 1 unspecified atom stereocenters. The molecule has 8 heteroatoms. The minimum atomic E-state index is -0.200. The Kier molecular flexibility index (Phi) is 7.59. The summed E-state index contributed by atoms with van der Waals surface area (Å²) in [5.41, 5.74) is 1.51. The monoisotopic (exact) mass is 446 g/mol. The van der Waals surface area contributed by atoms with Gasteiger partial charge in [0.05, 0.1) is 12.6 Å². The molecule has 1 aromatic heterocycles. The van der Waals surface area contributed by atoms with E-state index in [-0.39, 0.29) is 35.8 Å². The number of nitrogens with one attached hydrogen (secondary N) is 2. The Labute approximate surface area is 159 Å². The van der Waals surface area contributed by atoms with Crippen LogP contribution in [0.4, 0.5) is 4.39 Å². The van der Waals surface area contributed by atoms with Gasteiger partial charge < -0.3 is 15.2 Å². The fourth-order valence-electron chi connectivity index (χ4n) is 2.13. The van der Waals surface area contributed by atoms with Gasteiger partial charge >= 0.3 is 0 Å². The minimum absolute atomic E-state index is 0. The van der Waals surface area contributed by atoms with Crippen LogP contribution in [0.3, 0.4) is 0 Å². The average Bonchev–Trinajstić information content (AvgIpc) is 2.85. The van der Waals surface area contributed by atoms with Crippen molar-refractivity contribution in [1.82, 2.24) is 25.4 Å². The van der Waals surface area contributed by atoms with Crippen molar-refractivity contribution >= 4 is 29.9 Å². The molecular weight excluding hydrogens is 422 g/mol. The third-order valence-electron chi connectivity index (χ3n) is 3.87. The van der Waals surface area contributed by atoms with Gasteiger partial charge in [0.25, 0.3) is 0 Å². The molecule has 6 nitrogen and oxygen atoms in total. The quantitative estimate of drug-likeness (QED) is 0.431. The van der Waals surface area contributed by atoms with E-state index in [1.54, 1.807) is 26.1 Å². The van der Waals surface area contributed by atoms with Crippen LogP contribution in [0, 0.1) is 19.7 Å². The maximum absolute atomic E-state index is 13.7. The molecule has 0 spiro atoms. The molecule has 1 heterocycles. The lowest BCUT2D eigenvalue weighted by Gasteiger charge is -2.18. The number of hydrogen-bond acceptors (Lipinski definition) is 3. The standard InChI is InChI=1S/C16H23FN6.HI/c1-10-6-7-13(8-14(10)17)11(2)20-16(18-4)19-9-15-22-21-12(3)23(15)5;/h6-8,11H,9H2,1-5H3,(H2,18,19,20);1H. The average molecular weight is 446 g/mol. The largest absolute Gasteiger partial charge is 0.350 e. The van der Waals surface area contributed by atoms with Crippen molar-refractivity contribution in [1.29, 1.82) is 0 Å². The highest BCUT2D eigenvalue weighted by Crippen LogP contribution is 2.16. The molecule has 0 amide bonds. The second-order valence-electron chi connectivity index (χ2n) is 5.52.